The second-order valence-electron chi connectivity index (χ2n) is 5.03. The van der Waals surface area contributed by atoms with Crippen molar-refractivity contribution in [3.8, 4) is 10.6 Å². The highest BCUT2D eigenvalue weighted by Crippen LogP contribution is 2.34. The maximum absolute atomic E-state index is 12.6. The monoisotopic (exact) mass is 433 g/mol. The van der Waals surface area contributed by atoms with E-state index >= 15 is 0 Å². The Morgan fingerprint density at radius 1 is 1.04 bits per heavy atom. The van der Waals surface area contributed by atoms with Crippen LogP contribution in [0, 0.1) is 6.92 Å². The molecule has 2 aromatic carbocycles. The van der Waals surface area contributed by atoms with E-state index < -0.39 is 10.0 Å². The molecule has 0 aliphatic heterocycles. The Bertz CT molecular complexity index is 1030. The number of nitrogens with zero attached hydrogens (tertiary/aromatic N) is 2. The second-order valence-corrected chi connectivity index (χ2v) is 8.88. The highest BCUT2D eigenvalue weighted by atomic mass is 35.5. The van der Waals surface area contributed by atoms with E-state index in [4.69, 9.17) is 34.8 Å². The lowest BCUT2D eigenvalue weighted by Gasteiger charge is -2.10. The van der Waals surface area contributed by atoms with Crippen LogP contribution in [0.2, 0.25) is 15.1 Å². The van der Waals surface area contributed by atoms with Crippen LogP contribution in [0.1, 0.15) is 5.56 Å². The number of sulfonamides is 1. The van der Waals surface area contributed by atoms with E-state index in [0.717, 1.165) is 11.3 Å². The summed E-state index contributed by atoms with van der Waals surface area (Å²) in [4.78, 5) is -0.0481. The van der Waals surface area contributed by atoms with E-state index in [9.17, 15) is 8.42 Å². The highest BCUT2D eigenvalue weighted by molar-refractivity contribution is 7.93. The summed E-state index contributed by atoms with van der Waals surface area (Å²) < 4.78 is 27.7. The number of aromatic nitrogens is 2. The molecule has 0 saturated carbocycles. The standard InChI is InChI=1S/C15H10Cl3N3O2S2/c1-8-6-9(16)7-12(18)13(8)25(22,23)21-15-20-19-14(24-15)10-4-2-3-5-11(10)17/h2-7H,1H3,(H,20,21). The van der Waals surface area contributed by atoms with Gasteiger partial charge in [-0.2, -0.15) is 0 Å². The Hall–Kier alpha value is -1.38. The van der Waals surface area contributed by atoms with Gasteiger partial charge in [-0.15, -0.1) is 10.2 Å². The first-order chi connectivity index (χ1) is 11.8. The fourth-order valence-electron chi connectivity index (χ4n) is 2.20. The minimum atomic E-state index is -3.94. The lowest BCUT2D eigenvalue weighted by atomic mass is 10.2. The molecule has 0 spiro atoms. The summed E-state index contributed by atoms with van der Waals surface area (Å²) in [5, 5.41) is 9.37. The molecule has 0 fully saturated rings. The van der Waals surface area contributed by atoms with Crippen molar-refractivity contribution in [3.05, 3.63) is 57.0 Å². The van der Waals surface area contributed by atoms with Crippen LogP contribution in [0.4, 0.5) is 5.13 Å². The number of hydrogen-bond acceptors (Lipinski definition) is 5. The number of nitrogens with one attached hydrogen (secondary N) is 1. The first kappa shape index (κ1) is 18.4. The molecule has 0 radical (unpaired) electrons. The van der Waals surface area contributed by atoms with Gasteiger partial charge in [-0.05, 0) is 30.7 Å². The van der Waals surface area contributed by atoms with Gasteiger partial charge < -0.3 is 0 Å². The van der Waals surface area contributed by atoms with Crippen molar-refractivity contribution in [2.24, 2.45) is 0 Å². The number of hydrogen-bond donors (Lipinski definition) is 1. The molecule has 3 rings (SSSR count). The van der Waals surface area contributed by atoms with Gasteiger partial charge in [0.1, 0.15) is 4.90 Å². The van der Waals surface area contributed by atoms with E-state index in [2.05, 4.69) is 14.9 Å². The number of anilines is 1. The number of rotatable bonds is 4. The molecule has 1 N–H and O–H groups in total. The first-order valence-electron chi connectivity index (χ1n) is 6.85. The van der Waals surface area contributed by atoms with Crippen LogP contribution >= 0.6 is 46.1 Å². The zero-order chi connectivity index (χ0) is 18.2. The van der Waals surface area contributed by atoms with Crippen molar-refractivity contribution >= 4 is 61.3 Å². The topological polar surface area (TPSA) is 72.0 Å². The number of halogens is 3. The molecule has 10 heteroatoms. The molecule has 0 atom stereocenters. The van der Waals surface area contributed by atoms with Gasteiger partial charge in [-0.25, -0.2) is 8.42 Å². The van der Waals surface area contributed by atoms with E-state index in [0.29, 0.717) is 26.2 Å². The molecule has 1 heterocycles. The Labute approximate surface area is 163 Å². The number of benzene rings is 2. The predicted molar refractivity (Wildman–Crippen MR) is 102 cm³/mol. The van der Waals surface area contributed by atoms with E-state index in [-0.39, 0.29) is 15.0 Å². The van der Waals surface area contributed by atoms with Gasteiger partial charge in [0.15, 0.2) is 5.01 Å². The summed E-state index contributed by atoms with van der Waals surface area (Å²) in [6.07, 6.45) is 0. The molecule has 0 aliphatic carbocycles. The molecule has 0 amide bonds. The Morgan fingerprint density at radius 3 is 2.44 bits per heavy atom. The Balaban J connectivity index is 1.94. The van der Waals surface area contributed by atoms with Crippen molar-refractivity contribution in [2.75, 3.05) is 4.72 Å². The summed E-state index contributed by atoms with van der Waals surface area (Å²) in [6.45, 7) is 1.61. The Kier molecular flexibility index (Phi) is 5.22. The largest absolute Gasteiger partial charge is 0.265 e. The SMILES string of the molecule is Cc1cc(Cl)cc(Cl)c1S(=O)(=O)Nc1nnc(-c2ccccc2Cl)s1. The van der Waals surface area contributed by atoms with Crippen molar-refractivity contribution < 1.29 is 8.42 Å². The molecular weight excluding hydrogens is 425 g/mol. The zero-order valence-electron chi connectivity index (χ0n) is 12.6. The molecule has 5 nitrogen and oxygen atoms in total. The van der Waals surface area contributed by atoms with Gasteiger partial charge in [-0.1, -0.05) is 64.3 Å². The van der Waals surface area contributed by atoms with Gasteiger partial charge in [0.25, 0.3) is 10.0 Å². The third-order valence-electron chi connectivity index (χ3n) is 3.21. The third-order valence-corrected chi connectivity index (χ3v) is 6.71. The van der Waals surface area contributed by atoms with E-state index in [1.54, 1.807) is 25.1 Å². The van der Waals surface area contributed by atoms with Crippen LogP contribution in [0.3, 0.4) is 0 Å². The lowest BCUT2D eigenvalue weighted by Crippen LogP contribution is -2.14. The minimum absolute atomic E-state index is 0.0355. The summed E-state index contributed by atoms with van der Waals surface area (Å²) >= 11 is 19.1. The molecule has 3 aromatic rings. The third kappa shape index (κ3) is 3.91. The molecule has 0 saturated heterocycles. The van der Waals surface area contributed by atoms with E-state index in [1.165, 1.54) is 12.1 Å². The average molecular weight is 435 g/mol. The fraction of sp³-hybridized carbons (Fsp3) is 0.0667. The summed E-state index contributed by atoms with van der Waals surface area (Å²) in [7, 11) is -3.94. The summed E-state index contributed by atoms with van der Waals surface area (Å²) in [5.74, 6) is 0. The minimum Gasteiger partial charge on any atom is -0.253 e. The molecular formula is C15H10Cl3N3O2S2. The molecule has 25 heavy (non-hydrogen) atoms. The lowest BCUT2D eigenvalue weighted by molar-refractivity contribution is 0.600. The van der Waals surface area contributed by atoms with Gasteiger partial charge in [0.2, 0.25) is 5.13 Å². The van der Waals surface area contributed by atoms with Crippen molar-refractivity contribution in [1.29, 1.82) is 0 Å². The Morgan fingerprint density at radius 2 is 1.76 bits per heavy atom. The van der Waals surface area contributed by atoms with Crippen LogP contribution in [-0.4, -0.2) is 18.6 Å². The van der Waals surface area contributed by atoms with Crippen molar-refractivity contribution in [1.82, 2.24) is 10.2 Å². The van der Waals surface area contributed by atoms with Crippen molar-refractivity contribution in [2.45, 2.75) is 11.8 Å². The zero-order valence-corrected chi connectivity index (χ0v) is 16.5. The molecule has 0 unspecified atom stereocenters. The highest BCUT2D eigenvalue weighted by Gasteiger charge is 2.23. The maximum Gasteiger partial charge on any atom is 0.265 e. The molecule has 0 aliphatic rings. The molecule has 0 bridgehead atoms. The predicted octanol–water partition coefficient (Wildman–Crippen LogP) is 5.27. The first-order valence-corrected chi connectivity index (χ1v) is 10.3. The van der Waals surface area contributed by atoms with E-state index in [1.807, 2.05) is 6.07 Å². The maximum atomic E-state index is 12.6. The fourth-order valence-corrected chi connectivity index (χ4v) is 5.69. The van der Waals surface area contributed by atoms with Gasteiger partial charge in [0, 0.05) is 10.6 Å². The smallest absolute Gasteiger partial charge is 0.253 e. The van der Waals surface area contributed by atoms with Crippen molar-refractivity contribution in [3.63, 3.8) is 0 Å². The van der Waals surface area contributed by atoms with Crippen LogP contribution in [0.25, 0.3) is 10.6 Å². The molecule has 130 valence electrons. The van der Waals surface area contributed by atoms with Gasteiger partial charge in [-0.3, -0.25) is 4.72 Å². The molecule has 1 aromatic heterocycles. The summed E-state index contributed by atoms with van der Waals surface area (Å²) in [6, 6.07) is 10.0. The quantitative estimate of drug-likeness (QED) is 0.607. The number of aryl methyl sites for hydroxylation is 1. The van der Waals surface area contributed by atoms with Crippen LogP contribution < -0.4 is 4.72 Å². The summed E-state index contributed by atoms with van der Waals surface area (Å²) in [5.41, 5.74) is 1.11. The second kappa shape index (κ2) is 7.09. The van der Waals surface area contributed by atoms with Gasteiger partial charge in [0.05, 0.1) is 10.0 Å². The van der Waals surface area contributed by atoms with Crippen LogP contribution in [0.5, 0.6) is 0 Å². The van der Waals surface area contributed by atoms with Crippen LogP contribution in [-0.2, 0) is 10.0 Å². The van der Waals surface area contributed by atoms with Crippen LogP contribution in [0.15, 0.2) is 41.3 Å². The van der Waals surface area contributed by atoms with Gasteiger partial charge >= 0.3 is 0 Å². The average Bonchev–Trinajstić information content (AvgIpc) is 2.93. The normalized spacial score (nSPS) is 11.5.